The van der Waals surface area contributed by atoms with Gasteiger partial charge in [-0.3, -0.25) is 14.2 Å². The molecule has 0 fully saturated rings. The third kappa shape index (κ3) is 4.99. The lowest BCUT2D eigenvalue weighted by atomic mass is 9.97. The Kier molecular flexibility index (Phi) is 7.29. The SMILES string of the molecule is CCOc1ccc(NC(=O)CSc2nc3sc4c(c3c(=O)n2-c2ccc(OC)cc2)CCCC4)cc1. The lowest BCUT2D eigenvalue weighted by Gasteiger charge is -2.14. The third-order valence-corrected chi connectivity index (χ3v) is 8.19. The van der Waals surface area contributed by atoms with E-state index >= 15 is 0 Å². The topological polar surface area (TPSA) is 82.5 Å². The second-order valence-corrected chi connectivity index (χ2v) is 10.4. The highest BCUT2D eigenvalue weighted by atomic mass is 32.2. The number of thiophene rings is 1. The summed E-state index contributed by atoms with van der Waals surface area (Å²) in [6.07, 6.45) is 4.13. The van der Waals surface area contributed by atoms with Gasteiger partial charge in [0.1, 0.15) is 16.3 Å². The fraction of sp³-hybridized carbons (Fsp3) is 0.296. The van der Waals surface area contributed by atoms with Crippen molar-refractivity contribution in [2.75, 3.05) is 24.8 Å². The van der Waals surface area contributed by atoms with Gasteiger partial charge in [-0.2, -0.15) is 0 Å². The minimum atomic E-state index is -0.176. The molecule has 5 rings (SSSR count). The molecule has 0 unspecified atom stereocenters. The predicted molar refractivity (Wildman–Crippen MR) is 145 cm³/mol. The summed E-state index contributed by atoms with van der Waals surface area (Å²) in [6, 6.07) is 14.6. The summed E-state index contributed by atoms with van der Waals surface area (Å²) >= 11 is 2.87. The van der Waals surface area contributed by atoms with Crippen LogP contribution in [0.3, 0.4) is 0 Å². The maximum absolute atomic E-state index is 13.8. The molecule has 9 heteroatoms. The molecule has 1 aliphatic carbocycles. The number of carbonyl (C=O) groups excluding carboxylic acids is 1. The number of carbonyl (C=O) groups is 1. The van der Waals surface area contributed by atoms with Crippen molar-refractivity contribution >= 4 is 44.9 Å². The molecule has 0 radical (unpaired) electrons. The standard InChI is InChI=1S/C27H27N3O4S2/c1-3-34-20-12-8-17(9-13-20)28-23(31)16-35-27-29-25-24(21-6-4-5-7-22(21)36-25)26(32)30(27)18-10-14-19(33-2)15-11-18/h8-15H,3-7,16H2,1-2H3,(H,28,31). The molecule has 1 aliphatic rings. The first-order chi connectivity index (χ1) is 17.6. The summed E-state index contributed by atoms with van der Waals surface area (Å²) in [5.74, 6) is 1.40. The first-order valence-electron chi connectivity index (χ1n) is 11.9. The highest BCUT2D eigenvalue weighted by molar-refractivity contribution is 7.99. The molecule has 0 aliphatic heterocycles. The zero-order valence-electron chi connectivity index (χ0n) is 20.2. The summed E-state index contributed by atoms with van der Waals surface area (Å²) in [5.41, 5.74) is 2.44. The van der Waals surface area contributed by atoms with E-state index in [1.807, 2.05) is 43.3 Å². The van der Waals surface area contributed by atoms with Crippen LogP contribution in [0.4, 0.5) is 5.69 Å². The van der Waals surface area contributed by atoms with Gasteiger partial charge in [0.05, 0.1) is 30.5 Å². The van der Waals surface area contributed by atoms with Crippen LogP contribution in [0.2, 0.25) is 0 Å². The number of hydrogen-bond donors (Lipinski definition) is 1. The Morgan fingerprint density at radius 3 is 2.53 bits per heavy atom. The van der Waals surface area contributed by atoms with Gasteiger partial charge in [0, 0.05) is 10.6 Å². The predicted octanol–water partition coefficient (Wildman–Crippen LogP) is 5.46. The number of ether oxygens (including phenoxy) is 2. The molecule has 36 heavy (non-hydrogen) atoms. The molecule has 1 amide bonds. The summed E-state index contributed by atoms with van der Waals surface area (Å²) in [7, 11) is 1.61. The van der Waals surface area contributed by atoms with Crippen molar-refractivity contribution in [1.29, 1.82) is 0 Å². The molecule has 0 saturated carbocycles. The van der Waals surface area contributed by atoms with E-state index < -0.39 is 0 Å². The zero-order valence-corrected chi connectivity index (χ0v) is 21.8. The Bertz CT molecular complexity index is 1440. The molecule has 2 aromatic carbocycles. The van der Waals surface area contributed by atoms with Crippen LogP contribution in [0.1, 0.15) is 30.2 Å². The summed E-state index contributed by atoms with van der Waals surface area (Å²) in [4.78, 5) is 33.5. The van der Waals surface area contributed by atoms with Crippen molar-refractivity contribution in [2.45, 2.75) is 37.8 Å². The Morgan fingerprint density at radius 1 is 1.08 bits per heavy atom. The number of thioether (sulfide) groups is 1. The number of amides is 1. The molecule has 0 spiro atoms. The van der Waals surface area contributed by atoms with Gasteiger partial charge >= 0.3 is 0 Å². The van der Waals surface area contributed by atoms with Gasteiger partial charge in [-0.15, -0.1) is 11.3 Å². The van der Waals surface area contributed by atoms with Crippen LogP contribution in [0, 0.1) is 0 Å². The molecule has 7 nitrogen and oxygen atoms in total. The second-order valence-electron chi connectivity index (χ2n) is 8.42. The van der Waals surface area contributed by atoms with E-state index in [1.165, 1.54) is 16.6 Å². The fourth-order valence-corrected chi connectivity index (χ4v) is 6.49. The van der Waals surface area contributed by atoms with E-state index in [0.717, 1.165) is 41.8 Å². The molecule has 1 N–H and O–H groups in total. The summed E-state index contributed by atoms with van der Waals surface area (Å²) in [5, 5.41) is 4.12. The minimum Gasteiger partial charge on any atom is -0.497 e. The largest absolute Gasteiger partial charge is 0.497 e. The zero-order chi connectivity index (χ0) is 25.1. The number of benzene rings is 2. The second kappa shape index (κ2) is 10.8. The number of fused-ring (bicyclic) bond motifs is 3. The number of hydrogen-bond acceptors (Lipinski definition) is 7. The number of anilines is 1. The summed E-state index contributed by atoms with van der Waals surface area (Å²) < 4.78 is 12.4. The van der Waals surface area contributed by atoms with Crippen molar-refractivity contribution in [3.63, 3.8) is 0 Å². The Labute approximate surface area is 217 Å². The van der Waals surface area contributed by atoms with Crippen molar-refractivity contribution in [3.05, 3.63) is 69.3 Å². The van der Waals surface area contributed by atoms with E-state index in [1.54, 1.807) is 35.1 Å². The van der Waals surface area contributed by atoms with Crippen molar-refractivity contribution < 1.29 is 14.3 Å². The van der Waals surface area contributed by atoms with Gasteiger partial charge in [-0.05, 0) is 86.7 Å². The Balaban J connectivity index is 1.45. The molecular weight excluding hydrogens is 494 g/mol. The average Bonchev–Trinajstić information content (AvgIpc) is 3.28. The number of methoxy groups -OCH3 is 1. The van der Waals surface area contributed by atoms with Crippen LogP contribution in [0.15, 0.2) is 58.5 Å². The first kappa shape index (κ1) is 24.4. The number of nitrogens with zero attached hydrogens (tertiary/aromatic N) is 2. The molecular formula is C27H27N3O4S2. The number of rotatable bonds is 8. The number of aryl methyl sites for hydroxylation is 2. The van der Waals surface area contributed by atoms with E-state index in [4.69, 9.17) is 14.5 Å². The van der Waals surface area contributed by atoms with Crippen LogP contribution in [-0.2, 0) is 17.6 Å². The van der Waals surface area contributed by atoms with Crippen molar-refractivity contribution in [2.24, 2.45) is 0 Å². The molecule has 0 bridgehead atoms. The maximum Gasteiger partial charge on any atom is 0.267 e. The van der Waals surface area contributed by atoms with Crippen LogP contribution in [0.25, 0.3) is 15.9 Å². The van der Waals surface area contributed by atoms with Gasteiger partial charge in [0.2, 0.25) is 5.91 Å². The molecule has 0 saturated heterocycles. The van der Waals surface area contributed by atoms with Gasteiger partial charge in [0.15, 0.2) is 5.16 Å². The van der Waals surface area contributed by atoms with Crippen LogP contribution >= 0.6 is 23.1 Å². The molecule has 2 aromatic heterocycles. The monoisotopic (exact) mass is 521 g/mol. The van der Waals surface area contributed by atoms with Gasteiger partial charge in [0.25, 0.3) is 5.56 Å². The van der Waals surface area contributed by atoms with Crippen molar-refractivity contribution in [1.82, 2.24) is 9.55 Å². The van der Waals surface area contributed by atoms with E-state index in [0.29, 0.717) is 34.3 Å². The Morgan fingerprint density at radius 2 is 1.81 bits per heavy atom. The first-order valence-corrected chi connectivity index (χ1v) is 13.7. The van der Waals surface area contributed by atoms with E-state index in [-0.39, 0.29) is 17.2 Å². The fourth-order valence-electron chi connectivity index (χ4n) is 4.37. The molecule has 4 aromatic rings. The molecule has 2 heterocycles. The van der Waals surface area contributed by atoms with Crippen LogP contribution < -0.4 is 20.3 Å². The Hall–Kier alpha value is -3.30. The van der Waals surface area contributed by atoms with Gasteiger partial charge < -0.3 is 14.8 Å². The van der Waals surface area contributed by atoms with Crippen molar-refractivity contribution in [3.8, 4) is 17.2 Å². The minimum absolute atomic E-state index is 0.0843. The highest BCUT2D eigenvalue weighted by Gasteiger charge is 2.23. The quantitative estimate of drug-likeness (QED) is 0.245. The lowest BCUT2D eigenvalue weighted by molar-refractivity contribution is -0.113. The number of nitrogens with one attached hydrogen (secondary N) is 1. The average molecular weight is 522 g/mol. The van der Waals surface area contributed by atoms with E-state index in [9.17, 15) is 9.59 Å². The highest BCUT2D eigenvalue weighted by Crippen LogP contribution is 2.35. The van der Waals surface area contributed by atoms with Gasteiger partial charge in [-0.25, -0.2) is 4.98 Å². The van der Waals surface area contributed by atoms with E-state index in [2.05, 4.69) is 5.32 Å². The molecule has 186 valence electrons. The summed E-state index contributed by atoms with van der Waals surface area (Å²) in [6.45, 7) is 2.51. The third-order valence-electron chi connectivity index (χ3n) is 6.07. The smallest absolute Gasteiger partial charge is 0.267 e. The van der Waals surface area contributed by atoms with Crippen LogP contribution in [-0.4, -0.2) is 34.9 Å². The normalized spacial score (nSPS) is 12.8. The van der Waals surface area contributed by atoms with Crippen LogP contribution in [0.5, 0.6) is 11.5 Å². The molecule has 0 atom stereocenters. The number of aromatic nitrogens is 2. The maximum atomic E-state index is 13.8. The van der Waals surface area contributed by atoms with Gasteiger partial charge in [-0.1, -0.05) is 11.8 Å². The lowest BCUT2D eigenvalue weighted by Crippen LogP contribution is -2.23.